The predicted molar refractivity (Wildman–Crippen MR) is 125 cm³/mol. The number of aromatic nitrogens is 2. The maximum Gasteiger partial charge on any atom is 0.254 e. The molecule has 1 atom stereocenters. The van der Waals surface area contributed by atoms with Gasteiger partial charge in [0.15, 0.2) is 0 Å². The van der Waals surface area contributed by atoms with E-state index in [9.17, 15) is 4.79 Å². The van der Waals surface area contributed by atoms with Crippen molar-refractivity contribution in [1.82, 2.24) is 14.9 Å². The van der Waals surface area contributed by atoms with Gasteiger partial charge in [-0.25, -0.2) is 4.98 Å². The molecule has 1 saturated carbocycles. The molecule has 1 aromatic heterocycles. The van der Waals surface area contributed by atoms with E-state index in [0.717, 1.165) is 60.9 Å². The minimum absolute atomic E-state index is 0.110. The number of fused-ring (bicyclic) bond motifs is 1. The van der Waals surface area contributed by atoms with Crippen molar-refractivity contribution in [1.29, 1.82) is 0 Å². The number of nitrogens with one attached hydrogen (secondary N) is 1. The summed E-state index contributed by atoms with van der Waals surface area (Å²) in [6, 6.07) is 8.84. The first-order chi connectivity index (χ1) is 15.1. The molecule has 1 aliphatic heterocycles. The normalized spacial score (nSPS) is 25.5. The van der Waals surface area contributed by atoms with E-state index in [1.807, 2.05) is 12.1 Å². The van der Waals surface area contributed by atoms with Crippen molar-refractivity contribution in [3.05, 3.63) is 68.4 Å². The van der Waals surface area contributed by atoms with Crippen molar-refractivity contribution in [2.45, 2.75) is 69.7 Å². The summed E-state index contributed by atoms with van der Waals surface area (Å²) in [7, 11) is 0. The summed E-state index contributed by atoms with van der Waals surface area (Å²) >= 11 is 6.05. The molecule has 162 valence electrons. The largest absolute Gasteiger partial charge is 0.307 e. The van der Waals surface area contributed by atoms with Gasteiger partial charge in [0.2, 0.25) is 0 Å². The van der Waals surface area contributed by atoms with Crippen molar-refractivity contribution in [3.8, 4) is 0 Å². The lowest BCUT2D eigenvalue weighted by Crippen LogP contribution is -2.39. The number of H-pyrrole nitrogens is 1. The summed E-state index contributed by atoms with van der Waals surface area (Å²) in [4.78, 5) is 23.5. The van der Waals surface area contributed by atoms with Gasteiger partial charge < -0.3 is 4.98 Å². The number of hydrogen-bond donors (Lipinski definition) is 1. The van der Waals surface area contributed by atoms with E-state index in [2.05, 4.69) is 28.1 Å². The molecule has 0 unspecified atom stereocenters. The van der Waals surface area contributed by atoms with Crippen LogP contribution in [0.2, 0.25) is 5.02 Å². The van der Waals surface area contributed by atoms with Crippen LogP contribution in [0.1, 0.15) is 73.5 Å². The molecule has 1 N–H and O–H groups in total. The fraction of sp³-hybridized carbons (Fsp3) is 0.538. The quantitative estimate of drug-likeness (QED) is 0.728. The van der Waals surface area contributed by atoms with Gasteiger partial charge in [-0.15, -0.1) is 0 Å². The molecule has 1 spiro atoms. The van der Waals surface area contributed by atoms with E-state index in [1.165, 1.54) is 43.2 Å². The zero-order chi connectivity index (χ0) is 21.0. The van der Waals surface area contributed by atoms with Crippen molar-refractivity contribution < 1.29 is 0 Å². The first kappa shape index (κ1) is 19.8. The molecule has 2 fully saturated rings. The van der Waals surface area contributed by atoms with Crippen LogP contribution in [-0.4, -0.2) is 34.0 Å². The summed E-state index contributed by atoms with van der Waals surface area (Å²) < 4.78 is 0. The third-order valence-electron chi connectivity index (χ3n) is 8.25. The highest BCUT2D eigenvalue weighted by Gasteiger charge is 2.45. The molecule has 31 heavy (non-hydrogen) atoms. The van der Waals surface area contributed by atoms with E-state index >= 15 is 0 Å². The van der Waals surface area contributed by atoms with E-state index < -0.39 is 0 Å². The number of benzene rings is 1. The van der Waals surface area contributed by atoms with Crippen LogP contribution in [0.5, 0.6) is 0 Å². The maximum atomic E-state index is 12.8. The summed E-state index contributed by atoms with van der Waals surface area (Å²) in [6.07, 6.45) is 12.6. The van der Waals surface area contributed by atoms with Crippen molar-refractivity contribution in [2.24, 2.45) is 5.41 Å². The molecule has 1 saturated heterocycles. The average molecular weight is 436 g/mol. The Morgan fingerprint density at radius 3 is 2.55 bits per heavy atom. The van der Waals surface area contributed by atoms with Crippen LogP contribution in [0.25, 0.3) is 5.57 Å². The van der Waals surface area contributed by atoms with Crippen LogP contribution in [-0.2, 0) is 12.8 Å². The van der Waals surface area contributed by atoms with Gasteiger partial charge in [0.05, 0.1) is 5.69 Å². The molecular formula is C26H30ClN3O. The van der Waals surface area contributed by atoms with Crippen molar-refractivity contribution >= 4 is 17.2 Å². The van der Waals surface area contributed by atoms with E-state index in [4.69, 9.17) is 16.6 Å². The molecule has 2 heterocycles. The third-order valence-corrected chi connectivity index (χ3v) is 8.50. The van der Waals surface area contributed by atoms with Crippen LogP contribution in [0, 0.1) is 5.41 Å². The van der Waals surface area contributed by atoms with Gasteiger partial charge in [-0.05, 0) is 105 Å². The van der Waals surface area contributed by atoms with Gasteiger partial charge in [0, 0.05) is 16.6 Å². The third kappa shape index (κ3) is 3.78. The Morgan fingerprint density at radius 1 is 1.03 bits per heavy atom. The highest BCUT2D eigenvalue weighted by molar-refractivity contribution is 6.30. The van der Waals surface area contributed by atoms with Crippen molar-refractivity contribution in [2.75, 3.05) is 13.1 Å². The molecule has 0 bridgehead atoms. The molecule has 3 aliphatic carbocycles. The minimum atomic E-state index is 0.110. The molecule has 4 aliphatic rings. The van der Waals surface area contributed by atoms with Gasteiger partial charge in [0.25, 0.3) is 5.56 Å². The lowest BCUT2D eigenvalue weighted by Gasteiger charge is -2.35. The number of aromatic amines is 1. The first-order valence-corrected chi connectivity index (χ1v) is 12.3. The van der Waals surface area contributed by atoms with E-state index in [0.29, 0.717) is 17.4 Å². The second kappa shape index (κ2) is 7.60. The molecular weight excluding hydrogens is 406 g/mol. The predicted octanol–water partition coefficient (Wildman–Crippen LogP) is 5.12. The molecule has 2 aromatic rings. The van der Waals surface area contributed by atoms with Crippen LogP contribution in [0.15, 0.2) is 35.1 Å². The Hall–Kier alpha value is -1.91. The Morgan fingerprint density at radius 2 is 1.81 bits per heavy atom. The molecule has 5 heteroatoms. The van der Waals surface area contributed by atoms with Gasteiger partial charge in [-0.3, -0.25) is 9.69 Å². The number of rotatable bonds is 3. The van der Waals surface area contributed by atoms with Crippen LogP contribution in [0.4, 0.5) is 0 Å². The van der Waals surface area contributed by atoms with Crippen LogP contribution < -0.4 is 5.56 Å². The van der Waals surface area contributed by atoms with E-state index in [-0.39, 0.29) is 5.56 Å². The highest BCUT2D eigenvalue weighted by atomic mass is 35.5. The van der Waals surface area contributed by atoms with Gasteiger partial charge in [-0.2, -0.15) is 0 Å². The number of nitrogens with zero attached hydrogens (tertiary/aromatic N) is 2. The zero-order valence-electron chi connectivity index (χ0n) is 18.0. The number of halogens is 1. The SMILES string of the molecule is O=c1[nH]c(C2=C[C@@H](N3CCC(c4ccc(Cl)cc4)CC3)CC2)nc2c1CC1(CC2)CC1. The number of likely N-dealkylation sites (tertiary alicyclic amines) is 1. The second-order valence-electron chi connectivity index (χ2n) is 10.2. The van der Waals surface area contributed by atoms with Gasteiger partial charge in [-0.1, -0.05) is 29.8 Å². The van der Waals surface area contributed by atoms with E-state index in [1.54, 1.807) is 0 Å². The Balaban J connectivity index is 1.14. The zero-order valence-corrected chi connectivity index (χ0v) is 18.8. The highest BCUT2D eigenvalue weighted by Crippen LogP contribution is 2.54. The Labute approximate surface area is 188 Å². The monoisotopic (exact) mass is 435 g/mol. The van der Waals surface area contributed by atoms with Crippen LogP contribution in [0.3, 0.4) is 0 Å². The number of allylic oxidation sites excluding steroid dienone is 1. The molecule has 0 radical (unpaired) electrons. The topological polar surface area (TPSA) is 49.0 Å². The maximum absolute atomic E-state index is 12.8. The summed E-state index contributed by atoms with van der Waals surface area (Å²) in [5.41, 5.74) is 5.22. The summed E-state index contributed by atoms with van der Waals surface area (Å²) in [6.45, 7) is 2.25. The van der Waals surface area contributed by atoms with Gasteiger partial charge >= 0.3 is 0 Å². The fourth-order valence-electron chi connectivity index (χ4n) is 6.02. The Bertz CT molecular complexity index is 1070. The molecule has 1 aromatic carbocycles. The lowest BCUT2D eigenvalue weighted by molar-refractivity contribution is 0.176. The van der Waals surface area contributed by atoms with Crippen LogP contribution >= 0.6 is 11.6 Å². The van der Waals surface area contributed by atoms with Gasteiger partial charge in [0.1, 0.15) is 5.82 Å². The first-order valence-electron chi connectivity index (χ1n) is 11.9. The minimum Gasteiger partial charge on any atom is -0.307 e. The second-order valence-corrected chi connectivity index (χ2v) is 10.6. The molecule has 0 amide bonds. The average Bonchev–Trinajstić information content (AvgIpc) is 3.35. The molecule has 6 rings (SSSR count). The summed E-state index contributed by atoms with van der Waals surface area (Å²) in [5.74, 6) is 1.46. The number of aryl methyl sites for hydroxylation is 1. The number of piperidine rings is 1. The number of hydrogen-bond acceptors (Lipinski definition) is 3. The standard InChI is InChI=1S/C26H30ClN3O/c27-20-4-1-17(2-5-20)18-8-13-30(14-9-18)21-6-3-19(15-21)24-28-23-7-10-26(11-12-26)16-22(23)25(31)29-24/h1-2,4-5,15,18,21H,3,6-14,16H2,(H,28,29,31)/t21-/m0/s1. The fourth-order valence-corrected chi connectivity index (χ4v) is 6.15. The van der Waals surface area contributed by atoms with Crippen molar-refractivity contribution in [3.63, 3.8) is 0 Å². The lowest BCUT2D eigenvalue weighted by atomic mass is 9.84. The Kier molecular flexibility index (Phi) is 4.84. The summed E-state index contributed by atoms with van der Waals surface area (Å²) in [5, 5.41) is 0.811. The smallest absolute Gasteiger partial charge is 0.254 e. The molecule has 4 nitrogen and oxygen atoms in total.